The van der Waals surface area contributed by atoms with Gasteiger partial charge in [-0.2, -0.15) is 0 Å². The van der Waals surface area contributed by atoms with Gasteiger partial charge in [-0.05, 0) is 17.7 Å². The van der Waals surface area contributed by atoms with Crippen molar-refractivity contribution < 1.29 is 9.59 Å². The fourth-order valence-electron chi connectivity index (χ4n) is 1.36. The lowest BCUT2D eigenvalue weighted by Gasteiger charge is -2.14. The number of nitrogens with one attached hydrogen (secondary N) is 1. The topological polar surface area (TPSA) is 98.2 Å². The molecule has 0 saturated heterocycles. The molecule has 1 unspecified atom stereocenters. The molecular weight excluding hydrogens is 206 g/mol. The molecule has 86 valence electrons. The van der Waals surface area contributed by atoms with E-state index in [1.807, 2.05) is 0 Å². The van der Waals surface area contributed by atoms with Crippen LogP contribution >= 0.6 is 0 Å². The number of carbonyl (C=O) groups excluding carboxylic acids is 2. The summed E-state index contributed by atoms with van der Waals surface area (Å²) in [5, 5.41) is 2.50. The van der Waals surface area contributed by atoms with Crippen LogP contribution in [0.25, 0.3) is 0 Å². The van der Waals surface area contributed by atoms with Gasteiger partial charge in [0.2, 0.25) is 11.8 Å². The lowest BCUT2D eigenvalue weighted by molar-refractivity contribution is -0.126. The maximum absolute atomic E-state index is 11.1. The summed E-state index contributed by atoms with van der Waals surface area (Å²) in [6, 6.07) is 6.39. The number of benzene rings is 1. The van der Waals surface area contributed by atoms with Gasteiger partial charge >= 0.3 is 0 Å². The molecule has 5 nitrogen and oxygen atoms in total. The molecule has 0 aliphatic heterocycles. The maximum atomic E-state index is 11.1. The van der Waals surface area contributed by atoms with Crippen LogP contribution < -0.4 is 16.8 Å². The number of amides is 2. The summed E-state index contributed by atoms with van der Waals surface area (Å²) in [6.07, 6.45) is 0.370. The van der Waals surface area contributed by atoms with Crippen LogP contribution in [0.1, 0.15) is 12.5 Å². The monoisotopic (exact) mass is 221 g/mol. The third-order valence-corrected chi connectivity index (χ3v) is 2.14. The first-order chi connectivity index (χ1) is 7.49. The molecule has 16 heavy (non-hydrogen) atoms. The summed E-state index contributed by atoms with van der Waals surface area (Å²) in [6.45, 7) is 1.35. The van der Waals surface area contributed by atoms with E-state index in [0.717, 1.165) is 5.56 Å². The second-order valence-corrected chi connectivity index (χ2v) is 3.60. The Morgan fingerprint density at radius 3 is 2.31 bits per heavy atom. The molecule has 5 heteroatoms. The zero-order valence-corrected chi connectivity index (χ0v) is 9.07. The Kier molecular flexibility index (Phi) is 3.88. The van der Waals surface area contributed by atoms with E-state index in [4.69, 9.17) is 11.5 Å². The molecular formula is C11H15N3O2. The third-order valence-electron chi connectivity index (χ3n) is 2.14. The molecule has 1 aromatic rings. The standard InChI is InChI=1S/C11H15N3O2/c1-7(15)14-10(11(13)16)6-8-2-4-9(12)5-3-8/h2-5,10H,6,12H2,1H3,(H2,13,16)(H,14,15). The molecule has 0 bridgehead atoms. The highest BCUT2D eigenvalue weighted by Gasteiger charge is 2.16. The Balaban J connectivity index is 2.71. The number of primary amides is 1. The maximum Gasteiger partial charge on any atom is 0.240 e. The molecule has 0 radical (unpaired) electrons. The zero-order valence-electron chi connectivity index (χ0n) is 9.07. The fraction of sp³-hybridized carbons (Fsp3) is 0.273. The highest BCUT2D eigenvalue weighted by molar-refractivity contribution is 5.85. The number of rotatable bonds is 4. The number of carbonyl (C=O) groups is 2. The largest absolute Gasteiger partial charge is 0.399 e. The Hall–Kier alpha value is -2.04. The van der Waals surface area contributed by atoms with E-state index in [1.165, 1.54) is 6.92 Å². The number of nitrogens with two attached hydrogens (primary N) is 2. The molecule has 1 aromatic carbocycles. The van der Waals surface area contributed by atoms with Gasteiger partial charge in [0.25, 0.3) is 0 Å². The summed E-state index contributed by atoms with van der Waals surface area (Å²) in [4.78, 5) is 22.0. The van der Waals surface area contributed by atoms with Gasteiger partial charge in [-0.1, -0.05) is 12.1 Å². The smallest absolute Gasteiger partial charge is 0.240 e. The minimum absolute atomic E-state index is 0.278. The third kappa shape index (κ3) is 3.61. The minimum atomic E-state index is -0.680. The predicted octanol–water partition coefficient (Wildman–Crippen LogP) is -0.199. The van der Waals surface area contributed by atoms with E-state index in [-0.39, 0.29) is 5.91 Å². The summed E-state index contributed by atoms with van der Waals surface area (Å²) in [5.41, 5.74) is 12.3. The highest BCUT2D eigenvalue weighted by Crippen LogP contribution is 2.07. The first-order valence-corrected chi connectivity index (χ1v) is 4.90. The Morgan fingerprint density at radius 1 is 1.31 bits per heavy atom. The van der Waals surface area contributed by atoms with E-state index >= 15 is 0 Å². The molecule has 0 aliphatic carbocycles. The minimum Gasteiger partial charge on any atom is -0.399 e. The van der Waals surface area contributed by atoms with Gasteiger partial charge in [0.05, 0.1) is 0 Å². The average molecular weight is 221 g/mol. The van der Waals surface area contributed by atoms with E-state index in [1.54, 1.807) is 24.3 Å². The van der Waals surface area contributed by atoms with Crippen molar-refractivity contribution >= 4 is 17.5 Å². The molecule has 0 heterocycles. The van der Waals surface area contributed by atoms with Crippen LogP contribution in [0, 0.1) is 0 Å². The number of nitrogen functional groups attached to an aromatic ring is 1. The van der Waals surface area contributed by atoms with Crippen molar-refractivity contribution in [1.82, 2.24) is 5.32 Å². The van der Waals surface area contributed by atoms with Crippen LogP contribution in [-0.2, 0) is 16.0 Å². The number of hydrogen-bond acceptors (Lipinski definition) is 3. The van der Waals surface area contributed by atoms with Gasteiger partial charge in [-0.15, -0.1) is 0 Å². The van der Waals surface area contributed by atoms with Crippen LogP contribution in [0.3, 0.4) is 0 Å². The molecule has 0 fully saturated rings. The first-order valence-electron chi connectivity index (χ1n) is 4.90. The normalized spacial score (nSPS) is 11.8. The molecule has 0 spiro atoms. The SMILES string of the molecule is CC(=O)NC(Cc1ccc(N)cc1)C(N)=O. The van der Waals surface area contributed by atoms with Gasteiger partial charge in [0, 0.05) is 19.0 Å². The van der Waals surface area contributed by atoms with Crippen molar-refractivity contribution in [2.24, 2.45) is 5.73 Å². The van der Waals surface area contributed by atoms with Gasteiger partial charge in [-0.25, -0.2) is 0 Å². The fourth-order valence-corrected chi connectivity index (χ4v) is 1.36. The lowest BCUT2D eigenvalue weighted by Crippen LogP contribution is -2.44. The second kappa shape index (κ2) is 5.16. The molecule has 5 N–H and O–H groups in total. The van der Waals surface area contributed by atoms with Crippen LogP contribution in [0.4, 0.5) is 5.69 Å². The van der Waals surface area contributed by atoms with E-state index in [0.29, 0.717) is 12.1 Å². The molecule has 0 aromatic heterocycles. The molecule has 0 saturated carbocycles. The summed E-state index contributed by atoms with van der Waals surface area (Å²) < 4.78 is 0. The van der Waals surface area contributed by atoms with Crippen LogP contribution in [0.15, 0.2) is 24.3 Å². The van der Waals surface area contributed by atoms with Gasteiger partial charge in [0.15, 0.2) is 0 Å². The van der Waals surface area contributed by atoms with E-state index in [2.05, 4.69) is 5.32 Å². The predicted molar refractivity (Wildman–Crippen MR) is 61.4 cm³/mol. The second-order valence-electron chi connectivity index (χ2n) is 3.60. The molecule has 0 aliphatic rings. The van der Waals surface area contributed by atoms with Crippen molar-refractivity contribution in [2.75, 3.05) is 5.73 Å². The number of hydrogen-bond donors (Lipinski definition) is 3. The molecule has 1 rings (SSSR count). The van der Waals surface area contributed by atoms with Crippen molar-refractivity contribution in [3.8, 4) is 0 Å². The Labute approximate surface area is 93.8 Å². The van der Waals surface area contributed by atoms with Crippen molar-refractivity contribution in [1.29, 1.82) is 0 Å². The Morgan fingerprint density at radius 2 is 1.88 bits per heavy atom. The first kappa shape index (κ1) is 12.0. The van der Waals surface area contributed by atoms with Crippen molar-refractivity contribution in [2.45, 2.75) is 19.4 Å². The van der Waals surface area contributed by atoms with Crippen LogP contribution in [0.2, 0.25) is 0 Å². The van der Waals surface area contributed by atoms with Crippen molar-refractivity contribution in [3.05, 3.63) is 29.8 Å². The van der Waals surface area contributed by atoms with E-state index < -0.39 is 11.9 Å². The van der Waals surface area contributed by atoms with Gasteiger partial charge in [0.1, 0.15) is 6.04 Å². The molecule has 1 atom stereocenters. The Bertz CT molecular complexity index is 387. The van der Waals surface area contributed by atoms with E-state index in [9.17, 15) is 9.59 Å². The van der Waals surface area contributed by atoms with Gasteiger partial charge < -0.3 is 16.8 Å². The molecule has 2 amide bonds. The zero-order chi connectivity index (χ0) is 12.1. The summed E-state index contributed by atoms with van der Waals surface area (Å²) in [7, 11) is 0. The van der Waals surface area contributed by atoms with Gasteiger partial charge in [-0.3, -0.25) is 9.59 Å². The van der Waals surface area contributed by atoms with Crippen LogP contribution in [-0.4, -0.2) is 17.9 Å². The number of anilines is 1. The lowest BCUT2D eigenvalue weighted by atomic mass is 10.1. The summed E-state index contributed by atoms with van der Waals surface area (Å²) in [5.74, 6) is -0.828. The highest BCUT2D eigenvalue weighted by atomic mass is 16.2. The summed E-state index contributed by atoms with van der Waals surface area (Å²) >= 11 is 0. The van der Waals surface area contributed by atoms with Crippen LogP contribution in [0.5, 0.6) is 0 Å². The van der Waals surface area contributed by atoms with Crippen molar-refractivity contribution in [3.63, 3.8) is 0 Å². The average Bonchev–Trinajstić information content (AvgIpc) is 2.19. The quantitative estimate of drug-likeness (QED) is 0.614.